The molecule has 2 rings (SSSR count). The van der Waals surface area contributed by atoms with Crippen LogP contribution < -0.4 is 15.4 Å². The second kappa shape index (κ2) is 9.27. The molecule has 0 heterocycles. The number of aliphatic carboxylic acids is 1. The average molecular weight is 349 g/mol. The van der Waals surface area contributed by atoms with E-state index in [4.69, 9.17) is 9.84 Å². The minimum Gasteiger partial charge on any atom is -0.494 e. The first-order valence-electron chi connectivity index (χ1n) is 8.78. The molecule has 1 aromatic rings. The maximum atomic E-state index is 12.1. The number of ether oxygens (including phenoxy) is 1. The van der Waals surface area contributed by atoms with Gasteiger partial charge in [-0.15, -0.1) is 0 Å². The number of hydrogen-bond donors (Lipinski definition) is 3. The van der Waals surface area contributed by atoms with Gasteiger partial charge in [0, 0.05) is 23.8 Å². The first-order chi connectivity index (χ1) is 12.0. The first-order valence-corrected chi connectivity index (χ1v) is 8.78. The van der Waals surface area contributed by atoms with Crippen LogP contribution in [0.15, 0.2) is 24.3 Å². The Morgan fingerprint density at radius 3 is 2.72 bits per heavy atom. The van der Waals surface area contributed by atoms with Crippen molar-refractivity contribution in [2.75, 3.05) is 25.0 Å². The number of carbonyl (C=O) groups is 2. The van der Waals surface area contributed by atoms with Crippen LogP contribution in [-0.4, -0.2) is 53.8 Å². The van der Waals surface area contributed by atoms with E-state index in [9.17, 15) is 9.59 Å². The molecule has 0 unspecified atom stereocenters. The summed E-state index contributed by atoms with van der Waals surface area (Å²) < 4.78 is 5.55. The molecule has 1 aliphatic rings. The fraction of sp³-hybridized carbons (Fsp3) is 0.556. The molecule has 138 valence electrons. The minimum atomic E-state index is -0.818. The van der Waals surface area contributed by atoms with E-state index in [0.29, 0.717) is 18.8 Å². The van der Waals surface area contributed by atoms with Gasteiger partial charge in [0.1, 0.15) is 5.75 Å². The van der Waals surface area contributed by atoms with Gasteiger partial charge < -0.3 is 20.5 Å². The van der Waals surface area contributed by atoms with Gasteiger partial charge in [0.15, 0.2) is 0 Å². The summed E-state index contributed by atoms with van der Waals surface area (Å²) >= 11 is 0. The largest absolute Gasteiger partial charge is 0.494 e. The number of carbonyl (C=O) groups excluding carboxylic acids is 1. The SMILES string of the molecule is CCCOc1cccc(NC(=O)NC2CC(N(CC)CC(=O)O)C2)c1. The summed E-state index contributed by atoms with van der Waals surface area (Å²) in [5.74, 6) is -0.0863. The minimum absolute atomic E-state index is 0.0463. The Balaban J connectivity index is 1.76. The maximum Gasteiger partial charge on any atom is 0.319 e. The third-order valence-corrected chi connectivity index (χ3v) is 4.27. The van der Waals surface area contributed by atoms with E-state index in [2.05, 4.69) is 10.6 Å². The first kappa shape index (κ1) is 19.1. The van der Waals surface area contributed by atoms with Crippen molar-refractivity contribution in [1.29, 1.82) is 0 Å². The summed E-state index contributed by atoms with van der Waals surface area (Å²) in [6.07, 6.45) is 2.47. The molecule has 7 nitrogen and oxygen atoms in total. The van der Waals surface area contributed by atoms with Gasteiger partial charge in [-0.25, -0.2) is 4.79 Å². The molecule has 2 amide bonds. The number of nitrogens with one attached hydrogen (secondary N) is 2. The summed E-state index contributed by atoms with van der Waals surface area (Å²) in [5, 5.41) is 14.6. The number of amides is 2. The number of anilines is 1. The molecule has 1 aliphatic carbocycles. The number of benzene rings is 1. The van der Waals surface area contributed by atoms with Crippen LogP contribution in [0.5, 0.6) is 5.75 Å². The van der Waals surface area contributed by atoms with E-state index in [-0.39, 0.29) is 24.7 Å². The average Bonchev–Trinajstić information content (AvgIpc) is 2.54. The Morgan fingerprint density at radius 1 is 1.32 bits per heavy atom. The molecule has 25 heavy (non-hydrogen) atoms. The van der Waals surface area contributed by atoms with Crippen molar-refractivity contribution < 1.29 is 19.4 Å². The van der Waals surface area contributed by atoms with Crippen molar-refractivity contribution in [2.45, 2.75) is 45.2 Å². The molecular weight excluding hydrogens is 322 g/mol. The van der Waals surface area contributed by atoms with Crippen LogP contribution in [-0.2, 0) is 4.79 Å². The summed E-state index contributed by atoms with van der Waals surface area (Å²) in [4.78, 5) is 24.9. The number of urea groups is 1. The Hall–Kier alpha value is -2.28. The summed E-state index contributed by atoms with van der Waals surface area (Å²) in [5.41, 5.74) is 0.683. The Kier molecular flexibility index (Phi) is 7.06. The van der Waals surface area contributed by atoms with Crippen LogP contribution in [0.1, 0.15) is 33.1 Å². The van der Waals surface area contributed by atoms with Gasteiger partial charge >= 0.3 is 12.0 Å². The second-order valence-corrected chi connectivity index (χ2v) is 6.25. The third kappa shape index (κ3) is 5.94. The normalized spacial score (nSPS) is 19.2. The van der Waals surface area contributed by atoms with Crippen molar-refractivity contribution in [3.8, 4) is 5.75 Å². The molecule has 1 fully saturated rings. The molecule has 0 spiro atoms. The topological polar surface area (TPSA) is 90.9 Å². The van der Waals surface area contributed by atoms with E-state index in [1.807, 2.05) is 36.9 Å². The molecule has 0 aliphatic heterocycles. The summed E-state index contributed by atoms with van der Waals surface area (Å²) in [7, 11) is 0. The molecule has 1 saturated carbocycles. The number of likely N-dealkylation sites (N-methyl/N-ethyl adjacent to an activating group) is 1. The summed E-state index contributed by atoms with van der Waals surface area (Å²) in [6, 6.07) is 7.35. The van der Waals surface area contributed by atoms with Crippen molar-refractivity contribution in [3.63, 3.8) is 0 Å². The van der Waals surface area contributed by atoms with Crippen molar-refractivity contribution in [2.24, 2.45) is 0 Å². The van der Waals surface area contributed by atoms with Gasteiger partial charge in [0.2, 0.25) is 0 Å². The maximum absolute atomic E-state index is 12.1. The highest BCUT2D eigenvalue weighted by atomic mass is 16.5. The van der Waals surface area contributed by atoms with Crippen LogP contribution in [0.4, 0.5) is 10.5 Å². The van der Waals surface area contributed by atoms with Gasteiger partial charge in [-0.2, -0.15) is 0 Å². The van der Waals surface area contributed by atoms with E-state index in [1.165, 1.54) is 0 Å². The zero-order valence-corrected chi connectivity index (χ0v) is 14.8. The van der Waals surface area contributed by atoms with Gasteiger partial charge in [-0.1, -0.05) is 19.9 Å². The molecule has 0 radical (unpaired) electrons. The number of carboxylic acids is 1. The van der Waals surface area contributed by atoms with Crippen molar-refractivity contribution in [1.82, 2.24) is 10.2 Å². The molecule has 0 aromatic heterocycles. The van der Waals surface area contributed by atoms with E-state index in [1.54, 1.807) is 6.07 Å². The van der Waals surface area contributed by atoms with Gasteiger partial charge in [0.25, 0.3) is 0 Å². The molecule has 0 bridgehead atoms. The zero-order valence-electron chi connectivity index (χ0n) is 14.8. The van der Waals surface area contributed by atoms with Crippen LogP contribution >= 0.6 is 0 Å². The molecule has 3 N–H and O–H groups in total. The highest BCUT2D eigenvalue weighted by molar-refractivity contribution is 5.89. The third-order valence-electron chi connectivity index (χ3n) is 4.27. The van der Waals surface area contributed by atoms with Crippen LogP contribution in [0.2, 0.25) is 0 Å². The van der Waals surface area contributed by atoms with E-state index < -0.39 is 5.97 Å². The fourth-order valence-corrected chi connectivity index (χ4v) is 2.91. The molecule has 0 atom stereocenters. The molecule has 1 aromatic carbocycles. The lowest BCUT2D eigenvalue weighted by atomic mass is 9.85. The fourth-order valence-electron chi connectivity index (χ4n) is 2.91. The van der Waals surface area contributed by atoms with Crippen LogP contribution in [0, 0.1) is 0 Å². The quantitative estimate of drug-likeness (QED) is 0.637. The Morgan fingerprint density at radius 2 is 2.08 bits per heavy atom. The standard InChI is InChI=1S/C18H27N3O4/c1-3-8-25-16-7-5-6-13(11-16)19-18(24)20-14-9-15(10-14)21(4-2)12-17(22)23/h5-7,11,14-15H,3-4,8-10,12H2,1-2H3,(H,22,23)(H2,19,20,24). The van der Waals surface area contributed by atoms with E-state index >= 15 is 0 Å². The molecule has 0 saturated heterocycles. The predicted octanol–water partition coefficient (Wildman–Crippen LogP) is 2.53. The second-order valence-electron chi connectivity index (χ2n) is 6.25. The van der Waals surface area contributed by atoms with Crippen molar-refractivity contribution in [3.05, 3.63) is 24.3 Å². The monoisotopic (exact) mass is 349 g/mol. The Bertz CT molecular complexity index is 587. The molecular formula is C18H27N3O4. The highest BCUT2D eigenvalue weighted by Crippen LogP contribution is 2.25. The van der Waals surface area contributed by atoms with Crippen LogP contribution in [0.25, 0.3) is 0 Å². The van der Waals surface area contributed by atoms with E-state index in [0.717, 1.165) is 25.0 Å². The Labute approximate surface area is 148 Å². The number of carboxylic acid groups (broad SMARTS) is 1. The number of hydrogen-bond acceptors (Lipinski definition) is 4. The van der Waals surface area contributed by atoms with Gasteiger partial charge in [-0.3, -0.25) is 9.69 Å². The number of rotatable bonds is 9. The lowest BCUT2D eigenvalue weighted by Crippen LogP contribution is -2.55. The lowest BCUT2D eigenvalue weighted by Gasteiger charge is -2.42. The van der Waals surface area contributed by atoms with Gasteiger partial charge in [0.05, 0.1) is 13.2 Å². The smallest absolute Gasteiger partial charge is 0.319 e. The van der Waals surface area contributed by atoms with Crippen LogP contribution in [0.3, 0.4) is 0 Å². The predicted molar refractivity (Wildman–Crippen MR) is 96.1 cm³/mol. The van der Waals surface area contributed by atoms with Gasteiger partial charge in [-0.05, 0) is 37.9 Å². The highest BCUT2D eigenvalue weighted by Gasteiger charge is 2.34. The number of nitrogens with zero attached hydrogens (tertiary/aromatic N) is 1. The lowest BCUT2D eigenvalue weighted by molar-refractivity contribution is -0.139. The zero-order chi connectivity index (χ0) is 18.2. The van der Waals surface area contributed by atoms with Crippen molar-refractivity contribution >= 4 is 17.7 Å². The summed E-state index contributed by atoms with van der Waals surface area (Å²) in [6.45, 7) is 5.37. The molecule has 7 heteroatoms.